The third-order valence-corrected chi connectivity index (χ3v) is 4.98. The van der Waals surface area contributed by atoms with E-state index in [-0.39, 0.29) is 5.57 Å². The highest BCUT2D eigenvalue weighted by Crippen LogP contribution is 2.32. The average Bonchev–Trinajstić information content (AvgIpc) is 3.09. The minimum atomic E-state index is -1.23. The number of rotatable bonds is 5. The lowest BCUT2D eigenvalue weighted by molar-refractivity contribution is -0.139. The van der Waals surface area contributed by atoms with Gasteiger partial charge in [-0.25, -0.2) is 0 Å². The number of hydrogen-bond acceptors (Lipinski definition) is 5. The minimum absolute atomic E-state index is 0.286. The zero-order chi connectivity index (χ0) is 21.1. The highest BCUT2D eigenvalue weighted by molar-refractivity contribution is 9.10. The van der Waals surface area contributed by atoms with Gasteiger partial charge in [0.15, 0.2) is 0 Å². The van der Waals surface area contributed by atoms with Crippen LogP contribution in [0.5, 0.6) is 5.75 Å². The third kappa shape index (κ3) is 3.91. The number of nitrogens with zero attached hydrogens (tertiary/aromatic N) is 3. The summed E-state index contributed by atoms with van der Waals surface area (Å²) < 4.78 is 7.35. The number of allylic oxidation sites excluding steroid dienone is 1. The first kappa shape index (κ1) is 20.3. The molecule has 2 aromatic heterocycles. The molecular formula is C21H16BrN3O4. The summed E-state index contributed by atoms with van der Waals surface area (Å²) >= 11 is 3.41. The van der Waals surface area contributed by atoms with Crippen molar-refractivity contribution in [3.8, 4) is 11.8 Å². The van der Waals surface area contributed by atoms with Crippen LogP contribution < -0.4 is 4.74 Å². The number of carbonyl (C=O) groups is 2. The molecule has 3 aromatic rings. The van der Waals surface area contributed by atoms with Gasteiger partial charge in [0, 0.05) is 39.6 Å². The Balaban J connectivity index is 2.24. The third-order valence-electron chi connectivity index (χ3n) is 4.49. The van der Waals surface area contributed by atoms with Gasteiger partial charge in [-0.2, -0.15) is 5.26 Å². The number of carboxylic acid groups (broad SMARTS) is 1. The molecule has 7 nitrogen and oxygen atoms in total. The quantitative estimate of drug-likeness (QED) is 0.457. The number of fused-ring (bicyclic) bond motifs is 1. The van der Waals surface area contributed by atoms with Crippen LogP contribution in [0.2, 0.25) is 0 Å². The number of hydrogen-bond donors (Lipinski definition) is 1. The molecule has 0 aliphatic rings. The van der Waals surface area contributed by atoms with Gasteiger partial charge in [-0.3, -0.25) is 19.1 Å². The number of methoxy groups -OCH3 is 1. The molecule has 0 saturated carbocycles. The van der Waals surface area contributed by atoms with Crippen LogP contribution >= 0.6 is 15.9 Å². The minimum Gasteiger partial charge on any atom is -0.496 e. The van der Waals surface area contributed by atoms with Crippen molar-refractivity contribution in [3.05, 3.63) is 58.5 Å². The van der Waals surface area contributed by atoms with Crippen LogP contribution in [0.15, 0.2) is 47.3 Å². The molecule has 0 saturated heterocycles. The highest BCUT2D eigenvalue weighted by Gasteiger charge is 2.25. The van der Waals surface area contributed by atoms with E-state index in [0.29, 0.717) is 27.8 Å². The highest BCUT2D eigenvalue weighted by atomic mass is 79.9. The van der Waals surface area contributed by atoms with Gasteiger partial charge >= 0.3 is 5.97 Å². The average molecular weight is 454 g/mol. The van der Waals surface area contributed by atoms with E-state index in [4.69, 9.17) is 4.74 Å². The summed E-state index contributed by atoms with van der Waals surface area (Å²) in [5.41, 5.74) is 1.91. The van der Waals surface area contributed by atoms with Gasteiger partial charge in [0.2, 0.25) is 5.91 Å². The Bertz CT molecular complexity index is 1190. The van der Waals surface area contributed by atoms with E-state index in [1.165, 1.54) is 24.8 Å². The molecule has 146 valence electrons. The zero-order valence-corrected chi connectivity index (χ0v) is 17.2. The predicted molar refractivity (Wildman–Crippen MR) is 111 cm³/mol. The number of halogens is 1. The number of aromatic nitrogens is 2. The van der Waals surface area contributed by atoms with Crippen LogP contribution in [0.25, 0.3) is 22.6 Å². The molecule has 1 aromatic carbocycles. The van der Waals surface area contributed by atoms with Crippen LogP contribution in [-0.2, 0) is 4.79 Å². The van der Waals surface area contributed by atoms with Gasteiger partial charge in [0.25, 0.3) is 0 Å². The lowest BCUT2D eigenvalue weighted by Gasteiger charge is -2.07. The first-order valence-electron chi connectivity index (χ1n) is 8.55. The van der Waals surface area contributed by atoms with Crippen molar-refractivity contribution in [2.75, 3.05) is 7.11 Å². The Labute approximate surface area is 175 Å². The largest absolute Gasteiger partial charge is 0.496 e. The monoisotopic (exact) mass is 453 g/mol. The van der Waals surface area contributed by atoms with Crippen LogP contribution in [0.1, 0.15) is 22.8 Å². The molecule has 0 amide bonds. The first-order valence-corrected chi connectivity index (χ1v) is 9.34. The molecule has 0 aliphatic carbocycles. The van der Waals surface area contributed by atoms with Gasteiger partial charge in [-0.1, -0.05) is 15.9 Å². The Hall–Kier alpha value is -3.44. The molecule has 0 fully saturated rings. The van der Waals surface area contributed by atoms with Crippen molar-refractivity contribution >= 4 is 50.4 Å². The summed E-state index contributed by atoms with van der Waals surface area (Å²) in [5, 5.41) is 19.7. The smallest absolute Gasteiger partial charge is 0.315 e. The van der Waals surface area contributed by atoms with Crippen molar-refractivity contribution in [3.63, 3.8) is 0 Å². The molecule has 1 N–H and O–H groups in total. The molecule has 3 rings (SSSR count). The Morgan fingerprint density at radius 3 is 2.79 bits per heavy atom. The summed E-state index contributed by atoms with van der Waals surface area (Å²) in [5.74, 6) is -2.48. The molecule has 2 heterocycles. The maximum Gasteiger partial charge on any atom is 0.315 e. The van der Waals surface area contributed by atoms with Crippen molar-refractivity contribution < 1.29 is 19.4 Å². The number of benzene rings is 1. The topological polar surface area (TPSA) is 105 Å². The molecule has 29 heavy (non-hydrogen) atoms. The number of carboxylic acids is 1. The summed E-state index contributed by atoms with van der Waals surface area (Å²) in [6, 6.07) is 9.07. The number of pyridine rings is 1. The number of carbonyl (C=O) groups excluding carboxylic acids is 1. The van der Waals surface area contributed by atoms with E-state index in [0.717, 1.165) is 4.47 Å². The van der Waals surface area contributed by atoms with Gasteiger partial charge in [0.05, 0.1) is 24.3 Å². The maximum absolute atomic E-state index is 12.7. The molecule has 1 unspecified atom stereocenters. The van der Waals surface area contributed by atoms with Gasteiger partial charge in [0.1, 0.15) is 11.7 Å². The van der Waals surface area contributed by atoms with E-state index in [1.807, 2.05) is 0 Å². The number of nitriles is 1. The lowest BCUT2D eigenvalue weighted by Crippen LogP contribution is -2.25. The van der Waals surface area contributed by atoms with Crippen molar-refractivity contribution in [2.24, 2.45) is 5.92 Å². The molecule has 1 atom stereocenters. The Morgan fingerprint density at radius 1 is 1.38 bits per heavy atom. The second-order valence-corrected chi connectivity index (χ2v) is 7.18. The van der Waals surface area contributed by atoms with E-state index in [2.05, 4.69) is 27.0 Å². The van der Waals surface area contributed by atoms with E-state index in [9.17, 15) is 20.0 Å². The van der Waals surface area contributed by atoms with Crippen molar-refractivity contribution in [1.82, 2.24) is 9.55 Å². The van der Waals surface area contributed by atoms with Crippen LogP contribution in [0.3, 0.4) is 0 Å². The molecule has 0 bridgehead atoms. The Kier molecular flexibility index (Phi) is 5.80. The number of aliphatic carboxylic acids is 1. The molecule has 0 aliphatic heterocycles. The maximum atomic E-state index is 12.7. The number of ether oxygens (including phenoxy) is 1. The molecular weight excluding hydrogens is 438 g/mol. The first-order chi connectivity index (χ1) is 13.9. The molecule has 8 heteroatoms. The lowest BCUT2D eigenvalue weighted by atomic mass is 10.0. The summed E-state index contributed by atoms with van der Waals surface area (Å²) in [7, 11) is 1.52. The second-order valence-electron chi connectivity index (χ2n) is 6.26. The summed E-state index contributed by atoms with van der Waals surface area (Å²) in [6.07, 6.45) is 6.27. The second kappa shape index (κ2) is 8.29. The van der Waals surface area contributed by atoms with Gasteiger partial charge in [-0.15, -0.1) is 0 Å². The normalized spacial score (nSPS) is 12.4. The van der Waals surface area contributed by atoms with Crippen molar-refractivity contribution in [2.45, 2.75) is 6.92 Å². The van der Waals surface area contributed by atoms with E-state index in [1.54, 1.807) is 42.7 Å². The SMILES string of the molecule is COc1ccncc1/C=C(\C#N)c1cn(C(=O)C(C)C(=O)O)c2ccc(Br)cc12. The fourth-order valence-electron chi connectivity index (χ4n) is 2.93. The Morgan fingerprint density at radius 2 is 2.14 bits per heavy atom. The predicted octanol–water partition coefficient (Wildman–Crippen LogP) is 4.23. The van der Waals surface area contributed by atoms with Crippen molar-refractivity contribution in [1.29, 1.82) is 5.26 Å². The van der Waals surface area contributed by atoms with Gasteiger partial charge < -0.3 is 9.84 Å². The summed E-state index contributed by atoms with van der Waals surface area (Å²) in [4.78, 5) is 28.1. The van der Waals surface area contributed by atoms with Crippen LogP contribution in [-0.4, -0.2) is 33.6 Å². The zero-order valence-electron chi connectivity index (χ0n) is 15.6. The fraction of sp³-hybridized carbons (Fsp3) is 0.143. The fourth-order valence-corrected chi connectivity index (χ4v) is 3.29. The van der Waals surface area contributed by atoms with Gasteiger partial charge in [-0.05, 0) is 37.3 Å². The molecule has 0 radical (unpaired) electrons. The standard InChI is InChI=1S/C21H16BrN3O4/c1-12(21(27)28)20(26)25-11-17(16-8-15(22)3-4-18(16)25)13(9-23)7-14-10-24-6-5-19(14)29-2/h3-8,10-12H,1-2H3,(H,27,28)/b13-7+. The summed E-state index contributed by atoms with van der Waals surface area (Å²) in [6.45, 7) is 1.33. The van der Waals surface area contributed by atoms with E-state index >= 15 is 0 Å². The van der Waals surface area contributed by atoms with Crippen LogP contribution in [0.4, 0.5) is 0 Å². The molecule has 0 spiro atoms. The van der Waals surface area contributed by atoms with Crippen LogP contribution in [0, 0.1) is 17.2 Å². The van der Waals surface area contributed by atoms with E-state index < -0.39 is 17.8 Å².